The highest BCUT2D eigenvalue weighted by Crippen LogP contribution is 2.33. The number of hydrogen-bond donors (Lipinski definition) is 1. The molecular formula is C13H13F3N2O. The fraction of sp³-hybridized carbons (Fsp3) is 0.385. The number of aryl methyl sites for hydroxylation is 1. The zero-order valence-corrected chi connectivity index (χ0v) is 10.7. The van der Waals surface area contributed by atoms with Crippen molar-refractivity contribution in [3.05, 3.63) is 29.3 Å². The molecule has 0 radical (unpaired) electrons. The largest absolute Gasteiger partial charge is 0.416 e. The van der Waals surface area contributed by atoms with E-state index in [1.54, 1.807) is 6.07 Å². The molecule has 1 aromatic carbocycles. The number of nitriles is 1. The number of halogens is 3. The number of carbonyl (C=O) groups excluding carboxylic acids is 1. The van der Waals surface area contributed by atoms with Gasteiger partial charge in [-0.15, -0.1) is 0 Å². The first-order valence-electron chi connectivity index (χ1n) is 5.48. The van der Waals surface area contributed by atoms with E-state index in [0.29, 0.717) is 0 Å². The van der Waals surface area contributed by atoms with Crippen LogP contribution in [0.15, 0.2) is 18.2 Å². The van der Waals surface area contributed by atoms with Gasteiger partial charge in [-0.2, -0.15) is 18.4 Å². The summed E-state index contributed by atoms with van der Waals surface area (Å²) in [6, 6.07) is 5.29. The average Bonchev–Trinajstić information content (AvgIpc) is 2.30. The fourth-order valence-corrected chi connectivity index (χ4v) is 1.34. The van der Waals surface area contributed by atoms with Crippen LogP contribution < -0.4 is 5.32 Å². The second kappa shape index (κ2) is 4.92. The third-order valence-corrected chi connectivity index (χ3v) is 2.65. The molecule has 0 atom stereocenters. The van der Waals surface area contributed by atoms with Crippen molar-refractivity contribution in [2.24, 2.45) is 5.41 Å². The minimum atomic E-state index is -4.48. The van der Waals surface area contributed by atoms with Crippen LogP contribution >= 0.6 is 0 Å². The highest BCUT2D eigenvalue weighted by molar-refractivity contribution is 5.96. The fourth-order valence-electron chi connectivity index (χ4n) is 1.34. The summed E-state index contributed by atoms with van der Waals surface area (Å²) < 4.78 is 38.1. The Morgan fingerprint density at radius 2 is 1.89 bits per heavy atom. The van der Waals surface area contributed by atoms with Crippen molar-refractivity contribution >= 4 is 11.6 Å². The van der Waals surface area contributed by atoms with E-state index in [4.69, 9.17) is 5.26 Å². The molecule has 0 bridgehead atoms. The number of nitrogens with zero attached hydrogens (tertiary/aromatic N) is 1. The van der Waals surface area contributed by atoms with Gasteiger partial charge in [-0.3, -0.25) is 4.79 Å². The Hall–Kier alpha value is -2.03. The van der Waals surface area contributed by atoms with Crippen molar-refractivity contribution in [2.75, 3.05) is 5.32 Å². The number of amides is 1. The molecule has 0 heterocycles. The summed E-state index contributed by atoms with van der Waals surface area (Å²) in [5.74, 6) is -0.646. The lowest BCUT2D eigenvalue weighted by Crippen LogP contribution is -2.29. The number of anilines is 1. The third kappa shape index (κ3) is 3.47. The molecule has 0 aliphatic heterocycles. The van der Waals surface area contributed by atoms with Crippen LogP contribution in [0.2, 0.25) is 0 Å². The Labute approximate surface area is 109 Å². The van der Waals surface area contributed by atoms with Gasteiger partial charge in [0.05, 0.1) is 11.6 Å². The second-order valence-corrected chi connectivity index (χ2v) is 4.72. The molecule has 0 spiro atoms. The standard InChI is InChI=1S/C13H13F3N2O/c1-8-4-5-9(6-10(8)13(14,15)16)18-11(19)12(2,3)7-17/h4-6H,1-3H3,(H,18,19). The summed E-state index contributed by atoms with van der Waals surface area (Å²) in [6.45, 7) is 4.12. The molecule has 6 heteroatoms. The van der Waals surface area contributed by atoms with E-state index in [1.165, 1.54) is 32.9 Å². The number of rotatable bonds is 2. The summed E-state index contributed by atoms with van der Waals surface area (Å²) in [6.07, 6.45) is -4.48. The van der Waals surface area contributed by atoms with Crippen molar-refractivity contribution < 1.29 is 18.0 Å². The van der Waals surface area contributed by atoms with Gasteiger partial charge in [0.1, 0.15) is 5.41 Å². The molecule has 0 aromatic heterocycles. The maximum Gasteiger partial charge on any atom is 0.416 e. The first kappa shape index (κ1) is 15.0. The highest BCUT2D eigenvalue weighted by atomic mass is 19.4. The number of nitrogens with one attached hydrogen (secondary N) is 1. The SMILES string of the molecule is Cc1ccc(NC(=O)C(C)(C)C#N)cc1C(F)(F)F. The van der Waals surface area contributed by atoms with Gasteiger partial charge in [-0.1, -0.05) is 6.07 Å². The van der Waals surface area contributed by atoms with Gasteiger partial charge in [0.2, 0.25) is 5.91 Å². The van der Waals surface area contributed by atoms with E-state index in [2.05, 4.69) is 5.32 Å². The Morgan fingerprint density at radius 3 is 2.37 bits per heavy atom. The molecule has 1 amide bonds. The Kier molecular flexibility index (Phi) is 3.89. The zero-order valence-electron chi connectivity index (χ0n) is 10.7. The van der Waals surface area contributed by atoms with Crippen LogP contribution in [0.3, 0.4) is 0 Å². The summed E-state index contributed by atoms with van der Waals surface area (Å²) in [7, 11) is 0. The Morgan fingerprint density at radius 1 is 1.32 bits per heavy atom. The van der Waals surface area contributed by atoms with Gasteiger partial charge in [-0.05, 0) is 38.5 Å². The summed E-state index contributed by atoms with van der Waals surface area (Å²) in [5.41, 5.74) is -2.01. The predicted molar refractivity (Wildman–Crippen MR) is 64.2 cm³/mol. The van der Waals surface area contributed by atoms with E-state index in [0.717, 1.165) is 6.07 Å². The molecule has 1 N–H and O–H groups in total. The number of carbonyl (C=O) groups is 1. The van der Waals surface area contributed by atoms with Crippen LogP contribution in [-0.4, -0.2) is 5.91 Å². The second-order valence-electron chi connectivity index (χ2n) is 4.72. The van der Waals surface area contributed by atoms with E-state index in [1.807, 2.05) is 0 Å². The van der Waals surface area contributed by atoms with E-state index >= 15 is 0 Å². The van der Waals surface area contributed by atoms with Crippen LogP contribution in [-0.2, 0) is 11.0 Å². The lowest BCUT2D eigenvalue weighted by atomic mass is 9.94. The van der Waals surface area contributed by atoms with Crippen molar-refractivity contribution in [1.82, 2.24) is 0 Å². The van der Waals surface area contributed by atoms with Gasteiger partial charge in [0.15, 0.2) is 0 Å². The summed E-state index contributed by atoms with van der Waals surface area (Å²) >= 11 is 0. The molecular weight excluding hydrogens is 257 g/mol. The monoisotopic (exact) mass is 270 g/mol. The van der Waals surface area contributed by atoms with Gasteiger partial charge < -0.3 is 5.32 Å². The van der Waals surface area contributed by atoms with Gasteiger partial charge in [0, 0.05) is 5.69 Å². The Bertz CT molecular complexity index is 542. The first-order valence-corrected chi connectivity index (χ1v) is 5.48. The molecule has 0 aliphatic rings. The molecule has 0 aliphatic carbocycles. The van der Waals surface area contributed by atoms with Crippen LogP contribution in [0.5, 0.6) is 0 Å². The molecule has 0 saturated carbocycles. The quantitative estimate of drug-likeness (QED) is 0.894. The molecule has 0 saturated heterocycles. The van der Waals surface area contributed by atoms with E-state index in [-0.39, 0.29) is 11.3 Å². The molecule has 19 heavy (non-hydrogen) atoms. The maximum absolute atomic E-state index is 12.7. The molecule has 0 unspecified atom stereocenters. The summed E-state index contributed by atoms with van der Waals surface area (Å²) in [5, 5.41) is 11.1. The third-order valence-electron chi connectivity index (χ3n) is 2.65. The minimum Gasteiger partial charge on any atom is -0.325 e. The van der Waals surface area contributed by atoms with Crippen molar-refractivity contribution in [3.8, 4) is 6.07 Å². The van der Waals surface area contributed by atoms with Crippen LogP contribution in [0.1, 0.15) is 25.0 Å². The molecule has 1 aromatic rings. The molecule has 1 rings (SSSR count). The lowest BCUT2D eigenvalue weighted by Gasteiger charge is -2.17. The van der Waals surface area contributed by atoms with Gasteiger partial charge in [0.25, 0.3) is 0 Å². The molecule has 102 valence electrons. The maximum atomic E-state index is 12.7. The number of hydrogen-bond acceptors (Lipinski definition) is 2. The zero-order chi connectivity index (χ0) is 14.8. The lowest BCUT2D eigenvalue weighted by molar-refractivity contribution is -0.138. The molecule has 0 fully saturated rings. The predicted octanol–water partition coefficient (Wildman–Crippen LogP) is 3.50. The van der Waals surface area contributed by atoms with Crippen LogP contribution in [0, 0.1) is 23.7 Å². The van der Waals surface area contributed by atoms with Crippen molar-refractivity contribution in [3.63, 3.8) is 0 Å². The van der Waals surface area contributed by atoms with Crippen molar-refractivity contribution in [2.45, 2.75) is 26.9 Å². The van der Waals surface area contributed by atoms with Crippen molar-refractivity contribution in [1.29, 1.82) is 5.26 Å². The van der Waals surface area contributed by atoms with Crippen LogP contribution in [0.4, 0.5) is 18.9 Å². The summed E-state index contributed by atoms with van der Waals surface area (Å²) in [4.78, 5) is 11.7. The van der Waals surface area contributed by atoms with E-state index in [9.17, 15) is 18.0 Å². The molecule has 3 nitrogen and oxygen atoms in total. The van der Waals surface area contributed by atoms with E-state index < -0.39 is 23.1 Å². The number of alkyl halides is 3. The topological polar surface area (TPSA) is 52.9 Å². The minimum absolute atomic E-state index is 0.0197. The highest BCUT2D eigenvalue weighted by Gasteiger charge is 2.33. The van der Waals surface area contributed by atoms with Gasteiger partial charge >= 0.3 is 6.18 Å². The average molecular weight is 270 g/mol. The van der Waals surface area contributed by atoms with Crippen LogP contribution in [0.25, 0.3) is 0 Å². The van der Waals surface area contributed by atoms with Gasteiger partial charge in [-0.25, -0.2) is 0 Å². The Balaban J connectivity index is 3.06. The first-order chi connectivity index (χ1) is 8.58. The smallest absolute Gasteiger partial charge is 0.325 e. The number of benzene rings is 1. The normalized spacial score (nSPS) is 11.8.